The SMILES string of the molecule is CCNC(=NCC(C)(O)c1ccc(C)o1)NCCc1ccccc1.I. The quantitative estimate of drug-likeness (QED) is 0.339. The zero-order valence-corrected chi connectivity index (χ0v) is 17.4. The summed E-state index contributed by atoms with van der Waals surface area (Å²) < 4.78 is 5.52. The van der Waals surface area contributed by atoms with Crippen LogP contribution in [0.1, 0.15) is 30.9 Å². The molecule has 5 nitrogen and oxygen atoms in total. The Kier molecular flexibility index (Phi) is 8.99. The number of nitrogens with one attached hydrogen (secondary N) is 2. The molecule has 0 aliphatic heterocycles. The van der Waals surface area contributed by atoms with Crippen LogP contribution in [0.15, 0.2) is 51.9 Å². The van der Waals surface area contributed by atoms with Crippen LogP contribution < -0.4 is 10.6 Å². The minimum absolute atomic E-state index is 0. The number of hydrogen-bond donors (Lipinski definition) is 3. The number of furan rings is 1. The van der Waals surface area contributed by atoms with E-state index in [2.05, 4.69) is 27.8 Å². The first-order valence-corrected chi connectivity index (χ1v) is 8.36. The first-order chi connectivity index (χ1) is 11.5. The number of aliphatic hydroxyl groups is 1. The largest absolute Gasteiger partial charge is 0.463 e. The highest BCUT2D eigenvalue weighted by molar-refractivity contribution is 14.0. The fourth-order valence-corrected chi connectivity index (χ4v) is 2.35. The number of hydrogen-bond acceptors (Lipinski definition) is 3. The minimum Gasteiger partial charge on any atom is -0.463 e. The predicted molar refractivity (Wildman–Crippen MR) is 113 cm³/mol. The van der Waals surface area contributed by atoms with Gasteiger partial charge in [-0.2, -0.15) is 0 Å². The molecule has 2 aromatic rings. The molecule has 0 aliphatic rings. The van der Waals surface area contributed by atoms with Gasteiger partial charge in [-0.1, -0.05) is 30.3 Å². The Morgan fingerprint density at radius 3 is 2.48 bits per heavy atom. The molecule has 1 aromatic carbocycles. The summed E-state index contributed by atoms with van der Waals surface area (Å²) in [6, 6.07) is 13.9. The molecule has 0 spiro atoms. The van der Waals surface area contributed by atoms with Gasteiger partial charge in [-0.05, 0) is 44.9 Å². The van der Waals surface area contributed by atoms with Crippen LogP contribution in [-0.2, 0) is 12.0 Å². The van der Waals surface area contributed by atoms with Crippen LogP contribution in [0, 0.1) is 6.92 Å². The average Bonchev–Trinajstić information content (AvgIpc) is 3.01. The van der Waals surface area contributed by atoms with Crippen LogP contribution in [0.5, 0.6) is 0 Å². The summed E-state index contributed by atoms with van der Waals surface area (Å²) in [4.78, 5) is 4.49. The Morgan fingerprint density at radius 2 is 1.88 bits per heavy atom. The Hall–Kier alpha value is -1.54. The third kappa shape index (κ3) is 7.07. The lowest BCUT2D eigenvalue weighted by Crippen LogP contribution is -2.39. The number of rotatable bonds is 7. The molecule has 0 bridgehead atoms. The molecule has 6 heteroatoms. The van der Waals surface area contributed by atoms with Crippen LogP contribution in [0.25, 0.3) is 0 Å². The number of halogens is 1. The molecule has 138 valence electrons. The molecular formula is C19H28IN3O2. The molecule has 1 aromatic heterocycles. The van der Waals surface area contributed by atoms with Crippen LogP contribution >= 0.6 is 24.0 Å². The van der Waals surface area contributed by atoms with Gasteiger partial charge in [-0.15, -0.1) is 24.0 Å². The fraction of sp³-hybridized carbons (Fsp3) is 0.421. The first-order valence-electron chi connectivity index (χ1n) is 8.36. The van der Waals surface area contributed by atoms with E-state index in [9.17, 15) is 5.11 Å². The molecule has 1 atom stereocenters. The molecule has 3 N–H and O–H groups in total. The van der Waals surface area contributed by atoms with E-state index in [-0.39, 0.29) is 30.5 Å². The molecule has 0 amide bonds. The zero-order valence-electron chi connectivity index (χ0n) is 15.1. The highest BCUT2D eigenvalue weighted by atomic mass is 127. The van der Waals surface area contributed by atoms with Gasteiger partial charge >= 0.3 is 0 Å². The molecule has 0 saturated heterocycles. The van der Waals surface area contributed by atoms with E-state index in [1.807, 2.05) is 38.1 Å². The maximum Gasteiger partial charge on any atom is 0.191 e. The van der Waals surface area contributed by atoms with Crippen molar-refractivity contribution in [3.8, 4) is 0 Å². The number of nitrogens with zero attached hydrogens (tertiary/aromatic N) is 1. The molecule has 2 rings (SSSR count). The zero-order chi connectivity index (χ0) is 17.4. The molecule has 1 unspecified atom stereocenters. The second-order valence-electron chi connectivity index (χ2n) is 6.04. The van der Waals surface area contributed by atoms with Crippen LogP contribution in [0.2, 0.25) is 0 Å². The van der Waals surface area contributed by atoms with Crippen LogP contribution in [-0.4, -0.2) is 30.7 Å². The Bertz CT molecular complexity index is 654. The van der Waals surface area contributed by atoms with Crippen molar-refractivity contribution >= 4 is 29.9 Å². The smallest absolute Gasteiger partial charge is 0.191 e. The fourth-order valence-electron chi connectivity index (χ4n) is 2.35. The summed E-state index contributed by atoms with van der Waals surface area (Å²) in [6.45, 7) is 7.35. The molecule has 0 fully saturated rings. The van der Waals surface area contributed by atoms with Crippen molar-refractivity contribution in [3.63, 3.8) is 0 Å². The van der Waals surface area contributed by atoms with E-state index in [1.54, 1.807) is 13.0 Å². The Morgan fingerprint density at radius 1 is 1.16 bits per heavy atom. The summed E-state index contributed by atoms with van der Waals surface area (Å²) in [5.74, 6) is 2.00. The van der Waals surface area contributed by atoms with Gasteiger partial charge in [0, 0.05) is 13.1 Å². The summed E-state index contributed by atoms with van der Waals surface area (Å²) in [6.07, 6.45) is 0.916. The third-order valence-electron chi connectivity index (χ3n) is 3.71. The highest BCUT2D eigenvalue weighted by Crippen LogP contribution is 2.22. The lowest BCUT2D eigenvalue weighted by atomic mass is 10.0. The van der Waals surface area contributed by atoms with Gasteiger partial charge < -0.3 is 20.2 Å². The average molecular weight is 457 g/mol. The van der Waals surface area contributed by atoms with Gasteiger partial charge in [0.1, 0.15) is 17.1 Å². The highest BCUT2D eigenvalue weighted by Gasteiger charge is 2.26. The monoisotopic (exact) mass is 457 g/mol. The van der Waals surface area contributed by atoms with E-state index in [4.69, 9.17) is 4.42 Å². The van der Waals surface area contributed by atoms with Crippen molar-refractivity contribution in [2.75, 3.05) is 19.6 Å². The van der Waals surface area contributed by atoms with Gasteiger partial charge in [0.25, 0.3) is 0 Å². The Balaban J connectivity index is 0.00000312. The summed E-state index contributed by atoms with van der Waals surface area (Å²) in [7, 11) is 0. The molecule has 0 saturated carbocycles. The summed E-state index contributed by atoms with van der Waals surface area (Å²) >= 11 is 0. The molecule has 25 heavy (non-hydrogen) atoms. The van der Waals surface area contributed by atoms with Crippen LogP contribution in [0.3, 0.4) is 0 Å². The Labute approximate surface area is 167 Å². The standard InChI is InChI=1S/C19H27N3O2.HI/c1-4-20-18(21-13-12-16-8-6-5-7-9-16)22-14-19(3,23)17-11-10-15(2)24-17;/h5-11,23H,4,12-14H2,1-3H3,(H2,20,21,22);1H. The van der Waals surface area contributed by atoms with E-state index in [1.165, 1.54) is 5.56 Å². The predicted octanol–water partition coefficient (Wildman–Crippen LogP) is 3.21. The van der Waals surface area contributed by atoms with E-state index in [0.29, 0.717) is 11.7 Å². The van der Waals surface area contributed by atoms with Crippen molar-refractivity contribution in [3.05, 3.63) is 59.5 Å². The lowest BCUT2D eigenvalue weighted by molar-refractivity contribution is 0.0428. The number of benzene rings is 1. The number of aryl methyl sites for hydroxylation is 1. The molecule has 0 aliphatic carbocycles. The van der Waals surface area contributed by atoms with Crippen molar-refractivity contribution < 1.29 is 9.52 Å². The third-order valence-corrected chi connectivity index (χ3v) is 3.71. The topological polar surface area (TPSA) is 69.8 Å². The maximum absolute atomic E-state index is 10.6. The molecule has 0 radical (unpaired) electrons. The minimum atomic E-state index is -1.13. The normalized spacial score (nSPS) is 13.7. The van der Waals surface area contributed by atoms with E-state index in [0.717, 1.165) is 25.3 Å². The van der Waals surface area contributed by atoms with E-state index < -0.39 is 5.60 Å². The van der Waals surface area contributed by atoms with E-state index >= 15 is 0 Å². The van der Waals surface area contributed by atoms with Crippen molar-refractivity contribution in [2.24, 2.45) is 4.99 Å². The van der Waals surface area contributed by atoms with Gasteiger partial charge in [-0.25, -0.2) is 4.99 Å². The van der Waals surface area contributed by atoms with Gasteiger partial charge in [0.2, 0.25) is 0 Å². The molecular weight excluding hydrogens is 429 g/mol. The van der Waals surface area contributed by atoms with Gasteiger partial charge in [0.05, 0.1) is 6.54 Å². The lowest BCUT2D eigenvalue weighted by Gasteiger charge is -2.19. The van der Waals surface area contributed by atoms with Gasteiger partial charge in [-0.3, -0.25) is 0 Å². The number of guanidine groups is 1. The maximum atomic E-state index is 10.6. The molecule has 1 heterocycles. The van der Waals surface area contributed by atoms with Gasteiger partial charge in [0.15, 0.2) is 5.96 Å². The van der Waals surface area contributed by atoms with Crippen molar-refractivity contribution in [2.45, 2.75) is 32.8 Å². The van der Waals surface area contributed by atoms with Crippen molar-refractivity contribution in [1.29, 1.82) is 0 Å². The number of aliphatic imine (C=N–C) groups is 1. The van der Waals surface area contributed by atoms with Crippen molar-refractivity contribution in [1.82, 2.24) is 10.6 Å². The first kappa shape index (κ1) is 21.5. The summed E-state index contributed by atoms with van der Waals surface area (Å²) in [5.41, 5.74) is 0.148. The second-order valence-corrected chi connectivity index (χ2v) is 6.04. The van der Waals surface area contributed by atoms with Crippen LogP contribution in [0.4, 0.5) is 0 Å². The second kappa shape index (κ2) is 10.5. The summed E-state index contributed by atoms with van der Waals surface area (Å²) in [5, 5.41) is 17.1.